The Morgan fingerprint density at radius 1 is 1.11 bits per heavy atom. The Morgan fingerprint density at radius 2 is 1.83 bits per heavy atom. The molecule has 2 saturated heterocycles. The minimum atomic E-state index is -0.551. The summed E-state index contributed by atoms with van der Waals surface area (Å²) in [4.78, 5) is 36.9. The first-order chi connectivity index (χ1) is 16.7. The highest BCUT2D eigenvalue weighted by Gasteiger charge is 2.38. The summed E-state index contributed by atoms with van der Waals surface area (Å²) in [6, 6.07) is 5.16. The molecule has 4 heterocycles. The van der Waals surface area contributed by atoms with Gasteiger partial charge in [-0.05, 0) is 69.0 Å². The third-order valence-electron chi connectivity index (χ3n) is 7.46. The Hall–Kier alpha value is -3.53. The third-order valence-corrected chi connectivity index (χ3v) is 7.46. The number of amides is 2. The number of aromatic nitrogens is 3. The molecule has 0 spiro atoms. The van der Waals surface area contributed by atoms with E-state index in [0.717, 1.165) is 25.7 Å². The van der Waals surface area contributed by atoms with Crippen LogP contribution in [0.1, 0.15) is 31.2 Å². The predicted octanol–water partition coefficient (Wildman–Crippen LogP) is 3.23. The van der Waals surface area contributed by atoms with Crippen molar-refractivity contribution in [2.75, 3.05) is 24.7 Å². The van der Waals surface area contributed by atoms with Gasteiger partial charge in [0, 0.05) is 49.4 Å². The molecule has 35 heavy (non-hydrogen) atoms. The second-order valence-corrected chi connectivity index (χ2v) is 9.61. The monoisotopic (exact) mass is 479 g/mol. The van der Waals surface area contributed by atoms with Gasteiger partial charge in [0.05, 0.1) is 5.69 Å². The Morgan fingerprint density at radius 3 is 2.51 bits per heavy atom. The number of carbonyl (C=O) groups excluding carboxylic acids is 1. The van der Waals surface area contributed by atoms with Crippen LogP contribution in [0.3, 0.4) is 0 Å². The molecule has 3 N–H and O–H groups in total. The number of nitrogens with zero attached hydrogens (tertiary/aromatic N) is 4. The van der Waals surface area contributed by atoms with E-state index in [-0.39, 0.29) is 17.3 Å². The number of urea groups is 1. The number of piperidine rings is 1. The second kappa shape index (κ2) is 8.92. The van der Waals surface area contributed by atoms with Crippen LogP contribution in [0.2, 0.25) is 0 Å². The molecule has 0 radical (unpaired) electrons. The molecule has 5 rings (SSSR count). The van der Waals surface area contributed by atoms with Crippen molar-refractivity contribution < 1.29 is 9.18 Å². The maximum atomic E-state index is 14.8. The minimum absolute atomic E-state index is 0.0305. The molecule has 2 aliphatic heterocycles. The molecule has 3 aromatic rings. The highest BCUT2D eigenvalue weighted by atomic mass is 19.1. The van der Waals surface area contributed by atoms with Crippen LogP contribution in [-0.4, -0.2) is 57.7 Å². The minimum Gasteiger partial charge on any atom is -0.357 e. The summed E-state index contributed by atoms with van der Waals surface area (Å²) >= 11 is 0. The zero-order valence-corrected chi connectivity index (χ0v) is 20.4. The van der Waals surface area contributed by atoms with Crippen LogP contribution in [-0.2, 0) is 7.05 Å². The lowest BCUT2D eigenvalue weighted by atomic mass is 9.98. The number of nitrogens with one attached hydrogen (secondary N) is 3. The molecule has 2 atom stereocenters. The summed E-state index contributed by atoms with van der Waals surface area (Å²) in [5, 5.41) is 9.22. The molecule has 10 heteroatoms. The van der Waals surface area contributed by atoms with Gasteiger partial charge >= 0.3 is 6.03 Å². The fourth-order valence-corrected chi connectivity index (χ4v) is 5.49. The van der Waals surface area contributed by atoms with Gasteiger partial charge in [-0.1, -0.05) is 0 Å². The van der Waals surface area contributed by atoms with Crippen LogP contribution in [0, 0.1) is 12.7 Å². The molecule has 0 saturated carbocycles. The van der Waals surface area contributed by atoms with Crippen molar-refractivity contribution in [3.05, 3.63) is 46.1 Å². The topological polar surface area (TPSA) is 104 Å². The molecule has 1 aromatic carbocycles. The van der Waals surface area contributed by atoms with Crippen molar-refractivity contribution in [2.24, 2.45) is 7.05 Å². The molecule has 2 fully saturated rings. The first-order valence-corrected chi connectivity index (χ1v) is 11.9. The molecule has 2 aromatic heterocycles. The fourth-order valence-electron chi connectivity index (χ4n) is 5.49. The van der Waals surface area contributed by atoms with Gasteiger partial charge in [0.2, 0.25) is 5.95 Å². The van der Waals surface area contributed by atoms with E-state index in [9.17, 15) is 14.0 Å². The van der Waals surface area contributed by atoms with Gasteiger partial charge in [0.1, 0.15) is 11.5 Å². The summed E-state index contributed by atoms with van der Waals surface area (Å²) in [5.41, 5.74) is 1.76. The highest BCUT2D eigenvalue weighted by molar-refractivity contribution is 5.91. The van der Waals surface area contributed by atoms with E-state index in [1.54, 1.807) is 33.3 Å². The summed E-state index contributed by atoms with van der Waals surface area (Å²) < 4.78 is 16.3. The van der Waals surface area contributed by atoms with Crippen LogP contribution in [0.15, 0.2) is 29.2 Å². The smallest absolute Gasteiger partial charge is 0.319 e. The third kappa shape index (κ3) is 4.22. The molecule has 2 amide bonds. The number of pyridine rings is 1. The number of fused-ring (bicyclic) bond motifs is 3. The van der Waals surface area contributed by atoms with Crippen molar-refractivity contribution in [2.45, 2.75) is 50.7 Å². The van der Waals surface area contributed by atoms with Gasteiger partial charge in [0.25, 0.3) is 5.56 Å². The lowest BCUT2D eigenvalue weighted by molar-refractivity contribution is 0.151. The molecule has 0 aliphatic carbocycles. The first-order valence-electron chi connectivity index (χ1n) is 11.9. The molecule has 2 unspecified atom stereocenters. The van der Waals surface area contributed by atoms with Gasteiger partial charge < -0.3 is 20.9 Å². The average molecular weight is 480 g/mol. The molecule has 184 valence electrons. The van der Waals surface area contributed by atoms with Crippen molar-refractivity contribution in [3.8, 4) is 11.1 Å². The lowest BCUT2D eigenvalue weighted by Crippen LogP contribution is -2.49. The highest BCUT2D eigenvalue weighted by Crippen LogP contribution is 2.34. The number of rotatable bonds is 4. The van der Waals surface area contributed by atoms with Crippen LogP contribution in [0.5, 0.6) is 0 Å². The average Bonchev–Trinajstić information content (AvgIpc) is 3.03. The van der Waals surface area contributed by atoms with Crippen LogP contribution >= 0.6 is 0 Å². The fraction of sp³-hybridized carbons (Fsp3) is 0.440. The zero-order valence-electron chi connectivity index (χ0n) is 20.4. The molecule has 9 nitrogen and oxygen atoms in total. The van der Waals surface area contributed by atoms with Gasteiger partial charge in [-0.15, -0.1) is 0 Å². The van der Waals surface area contributed by atoms with E-state index in [0.29, 0.717) is 45.8 Å². The number of halogens is 1. The maximum absolute atomic E-state index is 14.8. The molecular formula is C25H30FN7O2. The number of carbonyl (C=O) groups is 1. The van der Waals surface area contributed by atoms with Gasteiger partial charge in [-0.3, -0.25) is 9.36 Å². The molecule has 2 aliphatic rings. The van der Waals surface area contributed by atoms with E-state index in [1.165, 1.54) is 16.7 Å². The number of aryl methyl sites for hydroxylation is 2. The number of anilines is 2. The van der Waals surface area contributed by atoms with Crippen molar-refractivity contribution in [1.82, 2.24) is 24.8 Å². The molecule has 2 bridgehead atoms. The Balaban J connectivity index is 1.42. The number of benzene rings is 1. The Kier molecular flexibility index (Phi) is 5.92. The van der Waals surface area contributed by atoms with Crippen molar-refractivity contribution in [1.29, 1.82) is 0 Å². The van der Waals surface area contributed by atoms with Crippen molar-refractivity contribution >= 4 is 28.7 Å². The summed E-state index contributed by atoms with van der Waals surface area (Å²) in [7, 11) is 5.49. The van der Waals surface area contributed by atoms with E-state index in [4.69, 9.17) is 0 Å². The SMILES string of the molecule is CNc1ncc2cc(-c3cc(NC(=O)NC4CC5CCC(C4)N5C)c(F)cc3C)c(=O)n(C)c2n1. The lowest BCUT2D eigenvalue weighted by Gasteiger charge is -2.36. The predicted molar refractivity (Wildman–Crippen MR) is 134 cm³/mol. The summed E-state index contributed by atoms with van der Waals surface area (Å²) in [6.45, 7) is 1.74. The quantitative estimate of drug-likeness (QED) is 0.531. The Bertz CT molecular complexity index is 1360. The van der Waals surface area contributed by atoms with Crippen LogP contribution < -0.4 is 21.5 Å². The standard InChI is InChI=1S/C25H30FN7O2/c1-13-7-20(26)21(30-25(35)29-15-9-16-5-6-17(10-15)32(16)3)11-18(13)19-8-14-12-28-24(27-2)31-22(14)33(4)23(19)34/h7-8,11-12,15-17H,5-6,9-10H2,1-4H3,(H,27,28,31)(H2,29,30,35). The first kappa shape index (κ1) is 23.2. The van der Waals surface area contributed by atoms with E-state index >= 15 is 0 Å². The van der Waals surface area contributed by atoms with Gasteiger partial charge in [0.15, 0.2) is 0 Å². The summed E-state index contributed by atoms with van der Waals surface area (Å²) in [5.74, 6) is -0.141. The van der Waals surface area contributed by atoms with Crippen LogP contribution in [0.25, 0.3) is 22.2 Å². The number of hydrogen-bond donors (Lipinski definition) is 3. The van der Waals surface area contributed by atoms with Gasteiger partial charge in [-0.25, -0.2) is 14.2 Å². The Labute approximate surface area is 202 Å². The maximum Gasteiger partial charge on any atom is 0.319 e. The molecular weight excluding hydrogens is 449 g/mol. The largest absolute Gasteiger partial charge is 0.357 e. The normalized spacial score (nSPS) is 21.8. The van der Waals surface area contributed by atoms with E-state index in [1.807, 2.05) is 0 Å². The van der Waals surface area contributed by atoms with E-state index in [2.05, 4.69) is 37.9 Å². The number of hydrogen-bond acceptors (Lipinski definition) is 6. The summed E-state index contributed by atoms with van der Waals surface area (Å²) in [6.07, 6.45) is 5.73. The van der Waals surface area contributed by atoms with Crippen molar-refractivity contribution in [3.63, 3.8) is 0 Å². The second-order valence-electron chi connectivity index (χ2n) is 9.61. The van der Waals surface area contributed by atoms with Gasteiger partial charge in [-0.2, -0.15) is 4.98 Å². The van der Waals surface area contributed by atoms with Crippen LogP contribution in [0.4, 0.5) is 20.8 Å². The zero-order chi connectivity index (χ0) is 24.9. The van der Waals surface area contributed by atoms with E-state index < -0.39 is 11.8 Å².